The van der Waals surface area contributed by atoms with Crippen LogP contribution in [0.5, 0.6) is 0 Å². The number of carbonyl (C=O) groups is 2. The lowest BCUT2D eigenvalue weighted by Crippen LogP contribution is -2.35. The predicted octanol–water partition coefficient (Wildman–Crippen LogP) is 6.20. The number of amides is 2. The van der Waals surface area contributed by atoms with Crippen LogP contribution in [0.3, 0.4) is 0 Å². The third kappa shape index (κ3) is 4.81. The minimum Gasteiger partial charge on any atom is -0.480 e. The molecule has 0 aliphatic carbocycles. The zero-order chi connectivity index (χ0) is 27.3. The number of imidazole rings is 1. The Hall–Kier alpha value is -4.38. The summed E-state index contributed by atoms with van der Waals surface area (Å²) in [5, 5.41) is 18.9. The number of aromatic nitrogens is 3. The van der Waals surface area contributed by atoms with E-state index >= 15 is 0 Å². The third-order valence-electron chi connectivity index (χ3n) is 6.88. The molecule has 1 atom stereocenters. The van der Waals surface area contributed by atoms with Crippen molar-refractivity contribution in [2.45, 2.75) is 45.1 Å². The number of anilines is 3. The molecular weight excluding hydrogens is 516 g/mol. The van der Waals surface area contributed by atoms with Crippen LogP contribution in [0.25, 0.3) is 26.4 Å². The molecule has 1 saturated heterocycles. The summed E-state index contributed by atoms with van der Waals surface area (Å²) < 4.78 is 8.42. The molecule has 10 nitrogen and oxygen atoms in total. The lowest BCUT2D eigenvalue weighted by atomic mass is 9.93. The SMILES string of the molecule is CC(C)(C)c1cc(NC(=O)Nc2ccc(-c3cn4c(n3)sc3cc(N5CCCC5C(=O)O)ccc34)cc2)no1. The van der Waals surface area contributed by atoms with Gasteiger partial charge in [-0.15, -0.1) is 0 Å². The Balaban J connectivity index is 1.16. The lowest BCUT2D eigenvalue weighted by molar-refractivity contribution is -0.138. The van der Waals surface area contributed by atoms with Crippen LogP contribution in [-0.2, 0) is 10.2 Å². The molecule has 0 saturated carbocycles. The van der Waals surface area contributed by atoms with Crippen LogP contribution in [-0.4, -0.2) is 44.2 Å². The van der Waals surface area contributed by atoms with Crippen LogP contribution in [0.4, 0.5) is 22.0 Å². The van der Waals surface area contributed by atoms with Gasteiger partial charge in [-0.3, -0.25) is 9.72 Å². The van der Waals surface area contributed by atoms with E-state index in [1.165, 1.54) is 0 Å². The Morgan fingerprint density at radius 2 is 1.90 bits per heavy atom. The third-order valence-corrected chi connectivity index (χ3v) is 7.89. The normalized spacial score (nSPS) is 15.8. The van der Waals surface area contributed by atoms with Crippen molar-refractivity contribution in [2.24, 2.45) is 0 Å². The average Bonchev–Trinajstić information content (AvgIpc) is 3.67. The molecule has 4 heterocycles. The molecule has 11 heteroatoms. The number of rotatable bonds is 5. The van der Waals surface area contributed by atoms with Crippen LogP contribution in [0.15, 0.2) is 59.3 Å². The zero-order valence-corrected chi connectivity index (χ0v) is 22.6. The summed E-state index contributed by atoms with van der Waals surface area (Å²) in [6.45, 7) is 6.77. The second kappa shape index (κ2) is 9.42. The van der Waals surface area contributed by atoms with Crippen LogP contribution in [0.1, 0.15) is 39.4 Å². The average molecular weight is 545 g/mol. The Bertz CT molecular complexity index is 1690. The van der Waals surface area contributed by atoms with E-state index in [1.54, 1.807) is 17.4 Å². The van der Waals surface area contributed by atoms with E-state index in [4.69, 9.17) is 9.51 Å². The summed E-state index contributed by atoms with van der Waals surface area (Å²) in [7, 11) is 0. The van der Waals surface area contributed by atoms with Crippen LogP contribution in [0, 0.1) is 0 Å². The number of aliphatic carboxylic acids is 1. The molecule has 0 radical (unpaired) electrons. The Morgan fingerprint density at radius 1 is 1.10 bits per heavy atom. The van der Waals surface area contributed by atoms with Crippen molar-refractivity contribution in [1.29, 1.82) is 0 Å². The molecule has 1 fully saturated rings. The molecule has 2 aromatic carbocycles. The van der Waals surface area contributed by atoms with Gasteiger partial charge in [0.15, 0.2) is 10.8 Å². The van der Waals surface area contributed by atoms with E-state index in [9.17, 15) is 14.7 Å². The van der Waals surface area contributed by atoms with Crippen molar-refractivity contribution in [3.8, 4) is 11.3 Å². The van der Waals surface area contributed by atoms with E-state index in [0.717, 1.165) is 45.1 Å². The second-order valence-corrected chi connectivity index (χ2v) is 11.7. The molecular formula is C28H28N6O4S. The fraction of sp³-hybridized carbons (Fsp3) is 0.286. The van der Waals surface area contributed by atoms with Gasteiger partial charge in [0.2, 0.25) is 0 Å². The standard InChI is InChI=1S/C28H28N6O4S/c1-28(2,3)23-14-24(32-38-23)31-26(37)29-17-8-6-16(7-9-17)19-15-34-20-11-10-18(13-22(20)39-27(34)30-19)33-12-4-5-21(33)25(35)36/h6-11,13-15,21H,4-5,12H2,1-3H3,(H,35,36)(H2,29,31,32,37). The smallest absolute Gasteiger partial charge is 0.326 e. The summed E-state index contributed by atoms with van der Waals surface area (Å²) in [5.41, 5.74) is 4.15. The molecule has 5 aromatic rings. The maximum absolute atomic E-state index is 12.4. The highest BCUT2D eigenvalue weighted by molar-refractivity contribution is 7.23. The Morgan fingerprint density at radius 3 is 2.62 bits per heavy atom. The van der Waals surface area contributed by atoms with E-state index < -0.39 is 18.0 Å². The van der Waals surface area contributed by atoms with Gasteiger partial charge in [0.05, 0.1) is 15.9 Å². The highest BCUT2D eigenvalue weighted by atomic mass is 32.1. The highest BCUT2D eigenvalue weighted by Gasteiger charge is 2.31. The van der Waals surface area contributed by atoms with Crippen LogP contribution in [0.2, 0.25) is 0 Å². The van der Waals surface area contributed by atoms with Gasteiger partial charge >= 0.3 is 12.0 Å². The van der Waals surface area contributed by atoms with Crippen molar-refractivity contribution in [3.05, 3.63) is 60.5 Å². The number of hydrogen-bond acceptors (Lipinski definition) is 7. The predicted molar refractivity (Wildman–Crippen MR) is 152 cm³/mol. The van der Waals surface area contributed by atoms with Gasteiger partial charge in [0.1, 0.15) is 11.8 Å². The fourth-order valence-corrected chi connectivity index (χ4v) is 5.87. The number of fused-ring (bicyclic) bond motifs is 3. The summed E-state index contributed by atoms with van der Waals surface area (Å²) in [5.74, 6) is 0.270. The minimum absolute atomic E-state index is 0.199. The number of nitrogens with zero attached hydrogens (tertiary/aromatic N) is 4. The van der Waals surface area contributed by atoms with E-state index in [2.05, 4.69) is 26.3 Å². The van der Waals surface area contributed by atoms with Crippen molar-refractivity contribution < 1.29 is 19.2 Å². The molecule has 3 aromatic heterocycles. The van der Waals surface area contributed by atoms with Gasteiger partial charge in [0.25, 0.3) is 0 Å². The zero-order valence-electron chi connectivity index (χ0n) is 21.8. The molecule has 0 spiro atoms. The van der Waals surface area contributed by atoms with Gasteiger partial charge in [0, 0.05) is 41.2 Å². The van der Waals surface area contributed by atoms with Crippen molar-refractivity contribution >= 4 is 55.7 Å². The van der Waals surface area contributed by atoms with Crippen molar-refractivity contribution in [1.82, 2.24) is 14.5 Å². The molecule has 1 aliphatic rings. The highest BCUT2D eigenvalue weighted by Crippen LogP contribution is 2.34. The number of thiazole rings is 1. The number of nitrogens with one attached hydrogen (secondary N) is 2. The first-order valence-electron chi connectivity index (χ1n) is 12.7. The lowest BCUT2D eigenvalue weighted by Gasteiger charge is -2.23. The van der Waals surface area contributed by atoms with Gasteiger partial charge in [-0.2, -0.15) is 0 Å². The minimum atomic E-state index is -0.773. The number of benzene rings is 2. The molecule has 0 bridgehead atoms. The van der Waals surface area contributed by atoms with Gasteiger partial charge in [-0.25, -0.2) is 14.6 Å². The monoisotopic (exact) mass is 544 g/mol. The maximum Gasteiger partial charge on any atom is 0.326 e. The fourth-order valence-electron chi connectivity index (χ4n) is 4.83. The maximum atomic E-state index is 12.4. The van der Waals surface area contributed by atoms with Gasteiger partial charge < -0.3 is 19.8 Å². The summed E-state index contributed by atoms with van der Waals surface area (Å²) in [6, 6.07) is 14.4. The molecule has 2 amide bonds. The largest absolute Gasteiger partial charge is 0.480 e. The number of hydrogen-bond donors (Lipinski definition) is 3. The second-order valence-electron chi connectivity index (χ2n) is 10.7. The first-order valence-corrected chi connectivity index (χ1v) is 13.5. The van der Waals surface area contributed by atoms with E-state index in [1.807, 2.05) is 68.3 Å². The first-order chi connectivity index (χ1) is 18.7. The van der Waals surface area contributed by atoms with E-state index in [0.29, 0.717) is 23.7 Å². The number of carbonyl (C=O) groups excluding carboxylic acids is 1. The molecule has 1 unspecified atom stereocenters. The first kappa shape index (κ1) is 24.9. The van der Waals surface area contributed by atoms with Crippen LogP contribution >= 0.6 is 11.3 Å². The summed E-state index contributed by atoms with van der Waals surface area (Å²) >= 11 is 1.57. The van der Waals surface area contributed by atoms with Crippen LogP contribution < -0.4 is 15.5 Å². The number of carboxylic acids is 1. The molecule has 3 N–H and O–H groups in total. The molecule has 1 aliphatic heterocycles. The Labute approximate surface area is 228 Å². The number of carboxylic acid groups (broad SMARTS) is 1. The van der Waals surface area contributed by atoms with Gasteiger partial charge in [-0.1, -0.05) is 49.4 Å². The summed E-state index contributed by atoms with van der Waals surface area (Å²) in [4.78, 5) is 31.7. The molecule has 200 valence electrons. The number of urea groups is 1. The quantitative estimate of drug-likeness (QED) is 0.241. The topological polar surface area (TPSA) is 125 Å². The van der Waals surface area contributed by atoms with Crippen molar-refractivity contribution in [3.63, 3.8) is 0 Å². The van der Waals surface area contributed by atoms with Crippen molar-refractivity contribution in [2.75, 3.05) is 22.1 Å². The van der Waals surface area contributed by atoms with Gasteiger partial charge in [-0.05, 0) is 43.2 Å². The molecule has 39 heavy (non-hydrogen) atoms. The molecule has 6 rings (SSSR count). The Kier molecular flexibility index (Phi) is 6.02. The summed E-state index contributed by atoms with van der Waals surface area (Å²) in [6.07, 6.45) is 3.55. The van der Waals surface area contributed by atoms with E-state index in [-0.39, 0.29) is 5.41 Å².